The van der Waals surface area contributed by atoms with Crippen LogP contribution in [0, 0.1) is 6.92 Å². The van der Waals surface area contributed by atoms with Crippen molar-refractivity contribution in [3.8, 4) is 0 Å². The minimum Gasteiger partial charge on any atom is -0.355 e. The first-order valence-electron chi connectivity index (χ1n) is 7.50. The molecule has 1 N–H and O–H groups in total. The summed E-state index contributed by atoms with van der Waals surface area (Å²) in [6.45, 7) is 2.01. The van der Waals surface area contributed by atoms with Gasteiger partial charge < -0.3 is 5.32 Å². The second-order valence-electron chi connectivity index (χ2n) is 5.84. The van der Waals surface area contributed by atoms with Crippen LogP contribution in [0.25, 0.3) is 21.1 Å². The molecule has 2 aromatic heterocycles. The number of hydrogen-bond donors (Lipinski definition) is 1. The Morgan fingerprint density at radius 2 is 1.88 bits per heavy atom. The second kappa shape index (κ2) is 5.75. The standard InChI is InChI=1S/C17H14N4O2S2/c1-10-7-17-16(20-21-24-17)9-15(10)19-14-5-6-18-13-4-3-11(8-12(13)14)25(2,22)23/h3-9H,1-2H3,(H,18,19). The smallest absolute Gasteiger partial charge is 0.175 e. The fraction of sp³-hybridized carbons (Fsp3) is 0.118. The van der Waals surface area contributed by atoms with Gasteiger partial charge in [0.05, 0.1) is 15.1 Å². The van der Waals surface area contributed by atoms with Gasteiger partial charge in [0.2, 0.25) is 0 Å². The molecule has 2 heterocycles. The number of aromatic nitrogens is 3. The van der Waals surface area contributed by atoms with Crippen LogP contribution in [0.3, 0.4) is 0 Å². The fourth-order valence-corrected chi connectivity index (χ4v) is 3.96. The SMILES string of the molecule is Cc1cc2snnc2cc1Nc1ccnc2ccc(S(C)(=O)=O)cc12. The first-order chi connectivity index (χ1) is 11.9. The minimum atomic E-state index is -3.29. The fourth-order valence-electron chi connectivity index (χ4n) is 2.67. The number of sulfone groups is 1. The number of fused-ring (bicyclic) bond motifs is 2. The maximum atomic E-state index is 11.9. The molecule has 126 valence electrons. The number of anilines is 2. The van der Waals surface area contributed by atoms with E-state index in [0.717, 1.165) is 38.1 Å². The van der Waals surface area contributed by atoms with Gasteiger partial charge in [-0.15, -0.1) is 5.10 Å². The molecular weight excluding hydrogens is 356 g/mol. The molecule has 0 saturated heterocycles. The zero-order valence-corrected chi connectivity index (χ0v) is 15.1. The Kier molecular flexibility index (Phi) is 3.66. The summed E-state index contributed by atoms with van der Waals surface area (Å²) in [5, 5.41) is 8.24. The quantitative estimate of drug-likeness (QED) is 0.592. The summed E-state index contributed by atoms with van der Waals surface area (Å²) >= 11 is 1.36. The number of benzene rings is 2. The van der Waals surface area contributed by atoms with E-state index in [4.69, 9.17) is 0 Å². The zero-order chi connectivity index (χ0) is 17.6. The summed E-state index contributed by atoms with van der Waals surface area (Å²) in [6.07, 6.45) is 2.90. The van der Waals surface area contributed by atoms with Crippen molar-refractivity contribution in [3.63, 3.8) is 0 Å². The van der Waals surface area contributed by atoms with Gasteiger partial charge in [0.15, 0.2) is 9.84 Å². The van der Waals surface area contributed by atoms with Gasteiger partial charge in [-0.1, -0.05) is 4.49 Å². The first-order valence-corrected chi connectivity index (χ1v) is 10.2. The van der Waals surface area contributed by atoms with Crippen molar-refractivity contribution >= 4 is 53.9 Å². The molecule has 0 aliphatic heterocycles. The molecule has 25 heavy (non-hydrogen) atoms. The topological polar surface area (TPSA) is 84.8 Å². The average Bonchev–Trinajstić information content (AvgIpc) is 3.01. The third-order valence-corrected chi connectivity index (χ3v) is 5.80. The summed E-state index contributed by atoms with van der Waals surface area (Å²) < 4.78 is 28.7. The molecule has 0 bridgehead atoms. The summed E-state index contributed by atoms with van der Waals surface area (Å²) in [4.78, 5) is 4.59. The van der Waals surface area contributed by atoms with Gasteiger partial charge in [-0.2, -0.15) is 0 Å². The monoisotopic (exact) mass is 370 g/mol. The van der Waals surface area contributed by atoms with Crippen molar-refractivity contribution in [3.05, 3.63) is 48.2 Å². The summed E-state index contributed by atoms with van der Waals surface area (Å²) in [7, 11) is -3.29. The molecule has 0 radical (unpaired) electrons. The predicted octanol–water partition coefficient (Wildman–Crippen LogP) is 3.70. The van der Waals surface area contributed by atoms with Crippen LogP contribution in [0.1, 0.15) is 5.56 Å². The van der Waals surface area contributed by atoms with Crippen LogP contribution >= 0.6 is 11.5 Å². The lowest BCUT2D eigenvalue weighted by atomic mass is 10.1. The van der Waals surface area contributed by atoms with Gasteiger partial charge in [0, 0.05) is 29.2 Å². The number of hydrogen-bond acceptors (Lipinski definition) is 7. The lowest BCUT2D eigenvalue weighted by Gasteiger charge is -2.12. The maximum absolute atomic E-state index is 11.9. The highest BCUT2D eigenvalue weighted by Gasteiger charge is 2.12. The number of rotatable bonds is 3. The lowest BCUT2D eigenvalue weighted by molar-refractivity contribution is 0.602. The van der Waals surface area contributed by atoms with E-state index in [2.05, 4.69) is 19.9 Å². The van der Waals surface area contributed by atoms with Crippen LogP contribution in [0.2, 0.25) is 0 Å². The minimum absolute atomic E-state index is 0.270. The molecule has 0 fully saturated rings. The van der Waals surface area contributed by atoms with Crippen molar-refractivity contribution in [2.75, 3.05) is 11.6 Å². The van der Waals surface area contributed by atoms with Crippen LogP contribution in [0.4, 0.5) is 11.4 Å². The Labute approximate surface area is 148 Å². The van der Waals surface area contributed by atoms with Crippen LogP contribution in [0.5, 0.6) is 0 Å². The molecule has 0 amide bonds. The molecule has 0 saturated carbocycles. The molecular formula is C17H14N4O2S2. The molecule has 8 heteroatoms. The third kappa shape index (κ3) is 2.94. The molecule has 0 atom stereocenters. The molecule has 0 aliphatic rings. The normalized spacial score (nSPS) is 11.9. The van der Waals surface area contributed by atoms with Crippen molar-refractivity contribution in [1.82, 2.24) is 14.6 Å². The summed E-state index contributed by atoms with van der Waals surface area (Å²) in [5.74, 6) is 0. The summed E-state index contributed by atoms with van der Waals surface area (Å²) in [5.41, 5.74) is 4.31. The van der Waals surface area contributed by atoms with Crippen molar-refractivity contribution in [1.29, 1.82) is 0 Å². The Morgan fingerprint density at radius 3 is 2.68 bits per heavy atom. The van der Waals surface area contributed by atoms with Crippen LogP contribution in [-0.2, 0) is 9.84 Å². The predicted molar refractivity (Wildman–Crippen MR) is 100 cm³/mol. The van der Waals surface area contributed by atoms with Gasteiger partial charge in [-0.25, -0.2) is 8.42 Å². The molecule has 0 unspecified atom stereocenters. The Hall–Kier alpha value is -2.58. The Bertz CT molecular complexity index is 1220. The van der Waals surface area contributed by atoms with E-state index in [9.17, 15) is 8.42 Å². The lowest BCUT2D eigenvalue weighted by Crippen LogP contribution is -1.99. The Morgan fingerprint density at radius 1 is 1.04 bits per heavy atom. The van der Waals surface area contributed by atoms with Gasteiger partial charge >= 0.3 is 0 Å². The molecule has 0 spiro atoms. The van der Waals surface area contributed by atoms with Crippen molar-refractivity contribution in [2.24, 2.45) is 0 Å². The van der Waals surface area contributed by atoms with E-state index < -0.39 is 9.84 Å². The van der Waals surface area contributed by atoms with Crippen molar-refractivity contribution in [2.45, 2.75) is 11.8 Å². The van der Waals surface area contributed by atoms with E-state index in [1.807, 2.05) is 25.1 Å². The van der Waals surface area contributed by atoms with Crippen molar-refractivity contribution < 1.29 is 8.42 Å². The molecule has 0 aliphatic carbocycles. The molecule has 6 nitrogen and oxygen atoms in total. The van der Waals surface area contributed by atoms with Crippen LogP contribution in [0.15, 0.2) is 47.5 Å². The average molecular weight is 370 g/mol. The number of aryl methyl sites for hydroxylation is 1. The van der Waals surface area contributed by atoms with Crippen LogP contribution < -0.4 is 5.32 Å². The van der Waals surface area contributed by atoms with Gasteiger partial charge in [-0.3, -0.25) is 4.98 Å². The Balaban J connectivity index is 1.86. The second-order valence-corrected chi connectivity index (χ2v) is 8.64. The highest BCUT2D eigenvalue weighted by Crippen LogP contribution is 2.31. The van der Waals surface area contributed by atoms with E-state index in [1.54, 1.807) is 24.4 Å². The van der Waals surface area contributed by atoms with Gasteiger partial charge in [-0.05, 0) is 60.4 Å². The van der Waals surface area contributed by atoms with E-state index in [1.165, 1.54) is 17.8 Å². The summed E-state index contributed by atoms with van der Waals surface area (Å²) in [6, 6.07) is 10.8. The van der Waals surface area contributed by atoms with Gasteiger partial charge in [0.25, 0.3) is 0 Å². The maximum Gasteiger partial charge on any atom is 0.175 e. The van der Waals surface area contributed by atoms with E-state index in [0.29, 0.717) is 0 Å². The highest BCUT2D eigenvalue weighted by molar-refractivity contribution is 7.90. The number of nitrogens with one attached hydrogen (secondary N) is 1. The first kappa shape index (κ1) is 15.9. The molecule has 4 aromatic rings. The van der Waals surface area contributed by atoms with E-state index in [-0.39, 0.29) is 4.90 Å². The molecule has 2 aromatic carbocycles. The van der Waals surface area contributed by atoms with Crippen LogP contribution in [-0.4, -0.2) is 29.2 Å². The third-order valence-electron chi connectivity index (χ3n) is 4.00. The number of pyridine rings is 1. The zero-order valence-electron chi connectivity index (χ0n) is 13.5. The largest absolute Gasteiger partial charge is 0.355 e. The van der Waals surface area contributed by atoms with Gasteiger partial charge in [0.1, 0.15) is 5.52 Å². The number of nitrogens with zero attached hydrogens (tertiary/aromatic N) is 3. The molecule has 4 rings (SSSR count). The van der Waals surface area contributed by atoms with E-state index >= 15 is 0 Å². The highest BCUT2D eigenvalue weighted by atomic mass is 32.2.